The fourth-order valence-corrected chi connectivity index (χ4v) is 2.46. The van der Waals surface area contributed by atoms with E-state index in [-0.39, 0.29) is 0 Å². The van der Waals surface area contributed by atoms with Crippen LogP contribution in [0.1, 0.15) is 19.8 Å². The summed E-state index contributed by atoms with van der Waals surface area (Å²) in [5.41, 5.74) is 1.07. The second-order valence-corrected chi connectivity index (χ2v) is 6.07. The van der Waals surface area contributed by atoms with Crippen molar-refractivity contribution in [2.45, 2.75) is 19.8 Å². The molecule has 0 saturated carbocycles. The van der Waals surface area contributed by atoms with Crippen molar-refractivity contribution in [1.29, 1.82) is 0 Å². The van der Waals surface area contributed by atoms with E-state index in [1.54, 1.807) is 0 Å². The first kappa shape index (κ1) is 18.7. The molecule has 0 atom stereocenters. The average Bonchev–Trinajstić information content (AvgIpc) is 2.71. The number of unbranched alkanes of at least 4 members (excludes halogenated alkanes) is 1. The van der Waals surface area contributed by atoms with Crippen molar-refractivity contribution >= 4 is 13.0 Å². The molecule has 0 aromatic heterocycles. The molecule has 0 bridgehead atoms. The van der Waals surface area contributed by atoms with Crippen molar-refractivity contribution in [3.8, 4) is 17.2 Å². The van der Waals surface area contributed by atoms with E-state index in [2.05, 4.69) is 12.2 Å². The second kappa shape index (κ2) is 10.2. The zero-order valence-electron chi connectivity index (χ0n) is 15.5. The minimum Gasteiger partial charge on any atom is -0.490 e. The molecule has 27 heavy (non-hydrogen) atoms. The first-order valence-electron chi connectivity index (χ1n) is 9.27. The predicted molar refractivity (Wildman–Crippen MR) is 110 cm³/mol. The molecule has 0 spiro atoms. The second-order valence-electron chi connectivity index (χ2n) is 6.07. The molecule has 5 heteroatoms. The zero-order valence-corrected chi connectivity index (χ0v) is 15.5. The van der Waals surface area contributed by atoms with Crippen LogP contribution in [-0.2, 0) is 0 Å². The van der Waals surface area contributed by atoms with Crippen molar-refractivity contribution < 1.29 is 14.0 Å². The highest BCUT2D eigenvalue weighted by Crippen LogP contribution is 2.20. The normalized spacial score (nSPS) is 10.1. The lowest BCUT2D eigenvalue weighted by atomic mass is 10.2. The van der Waals surface area contributed by atoms with Crippen LogP contribution in [0, 0.1) is 0 Å². The predicted octanol–water partition coefficient (Wildman–Crippen LogP) is 5.42. The minimum absolute atomic E-state index is 0.674. The smallest absolute Gasteiger partial charge is 0.490 e. The lowest BCUT2D eigenvalue weighted by molar-refractivity contribution is 0.307. The molecule has 0 fully saturated rings. The third kappa shape index (κ3) is 6.30. The van der Waals surface area contributed by atoms with Gasteiger partial charge in [0.05, 0.1) is 0 Å². The van der Waals surface area contributed by atoms with Crippen molar-refractivity contribution in [2.24, 2.45) is 0 Å². The van der Waals surface area contributed by atoms with Crippen molar-refractivity contribution in [2.75, 3.05) is 11.9 Å². The largest absolute Gasteiger partial charge is 0.864 e. The molecule has 4 nitrogen and oxygen atoms in total. The minimum atomic E-state index is -0.895. The van der Waals surface area contributed by atoms with E-state index in [4.69, 9.17) is 14.0 Å². The summed E-state index contributed by atoms with van der Waals surface area (Å²) < 4.78 is 17.7. The summed E-state index contributed by atoms with van der Waals surface area (Å²) in [6.45, 7) is 3.14. The Morgan fingerprint density at radius 3 is 1.63 bits per heavy atom. The van der Waals surface area contributed by atoms with E-state index in [1.807, 2.05) is 84.9 Å². The van der Waals surface area contributed by atoms with Crippen LogP contribution in [0.2, 0.25) is 0 Å². The highest BCUT2D eigenvalue weighted by atomic mass is 16.7. The number of nitrogens with one attached hydrogen (secondary N) is 1. The van der Waals surface area contributed by atoms with Gasteiger partial charge in [-0.1, -0.05) is 49.7 Å². The van der Waals surface area contributed by atoms with Crippen LogP contribution in [-0.4, -0.2) is 13.9 Å². The van der Waals surface area contributed by atoms with Crippen LogP contribution < -0.4 is 19.3 Å². The van der Waals surface area contributed by atoms with Crippen LogP contribution in [0.3, 0.4) is 0 Å². The maximum atomic E-state index is 5.93. The molecule has 1 N–H and O–H groups in total. The first-order chi connectivity index (χ1) is 13.3. The maximum Gasteiger partial charge on any atom is 0.864 e. The molecule has 138 valence electrons. The number of rotatable bonds is 10. The van der Waals surface area contributed by atoms with Crippen molar-refractivity contribution in [3.05, 3.63) is 84.9 Å². The molecular weight excluding hydrogens is 337 g/mol. The number of para-hydroxylation sites is 2. The summed E-state index contributed by atoms with van der Waals surface area (Å²) in [6, 6.07) is 26.8. The van der Waals surface area contributed by atoms with Gasteiger partial charge in [-0.25, -0.2) is 0 Å². The van der Waals surface area contributed by atoms with E-state index in [9.17, 15) is 0 Å². The van der Waals surface area contributed by atoms with Crippen molar-refractivity contribution in [1.82, 2.24) is 0 Å². The topological polar surface area (TPSA) is 39.7 Å². The van der Waals surface area contributed by atoms with E-state index >= 15 is 0 Å². The van der Waals surface area contributed by atoms with E-state index in [0.29, 0.717) is 17.2 Å². The molecule has 0 heterocycles. The molecule has 0 saturated heterocycles. The SMILES string of the molecule is CCCCNc1ccc(OB(Oc2ccccc2)Oc2ccccc2)cc1. The number of hydrogen-bond acceptors (Lipinski definition) is 4. The fourth-order valence-electron chi connectivity index (χ4n) is 2.46. The highest BCUT2D eigenvalue weighted by Gasteiger charge is 2.30. The fraction of sp³-hybridized carbons (Fsp3) is 0.182. The quantitative estimate of drug-likeness (QED) is 0.387. The Kier molecular flexibility index (Phi) is 7.04. The summed E-state index contributed by atoms with van der Waals surface area (Å²) in [6.07, 6.45) is 2.32. The number of benzene rings is 3. The summed E-state index contributed by atoms with van der Waals surface area (Å²) in [5, 5.41) is 3.39. The highest BCUT2D eigenvalue weighted by molar-refractivity contribution is 6.39. The third-order valence-electron chi connectivity index (χ3n) is 3.90. The van der Waals surface area contributed by atoms with Crippen LogP contribution in [0.4, 0.5) is 5.69 Å². The van der Waals surface area contributed by atoms with Gasteiger partial charge in [0.1, 0.15) is 17.2 Å². The monoisotopic (exact) mass is 361 g/mol. The Morgan fingerprint density at radius 2 is 1.15 bits per heavy atom. The van der Waals surface area contributed by atoms with Gasteiger partial charge in [-0.2, -0.15) is 0 Å². The summed E-state index contributed by atoms with van der Waals surface area (Å²) in [7, 11) is -0.895. The molecule has 0 aliphatic carbocycles. The van der Waals surface area contributed by atoms with E-state index in [0.717, 1.165) is 18.7 Å². The van der Waals surface area contributed by atoms with Crippen LogP contribution in [0.15, 0.2) is 84.9 Å². The standard InChI is InChI=1S/C22H24BNO3/c1-2-3-18-24-19-14-16-22(17-15-19)27-23(25-20-10-6-4-7-11-20)26-21-12-8-5-9-13-21/h4-17,24H,2-3,18H2,1H3. The van der Waals surface area contributed by atoms with Gasteiger partial charge in [-0.15, -0.1) is 0 Å². The van der Waals surface area contributed by atoms with E-state index < -0.39 is 7.32 Å². The molecule has 0 aliphatic rings. The lowest BCUT2D eigenvalue weighted by Crippen LogP contribution is -2.36. The summed E-state index contributed by atoms with van der Waals surface area (Å²) in [4.78, 5) is 0. The van der Waals surface area contributed by atoms with Crippen molar-refractivity contribution in [3.63, 3.8) is 0 Å². The Labute approximate surface area is 161 Å². The van der Waals surface area contributed by atoms with Gasteiger partial charge < -0.3 is 19.3 Å². The molecule has 3 aromatic rings. The molecule has 0 amide bonds. The Bertz CT molecular complexity index is 740. The first-order valence-corrected chi connectivity index (χ1v) is 9.27. The lowest BCUT2D eigenvalue weighted by Gasteiger charge is -2.16. The Hall–Kier alpha value is -3.08. The molecule has 3 aromatic carbocycles. The van der Waals surface area contributed by atoms with Gasteiger partial charge in [-0.3, -0.25) is 0 Å². The van der Waals surface area contributed by atoms with Gasteiger partial charge in [0, 0.05) is 12.2 Å². The van der Waals surface area contributed by atoms with E-state index in [1.165, 1.54) is 6.42 Å². The van der Waals surface area contributed by atoms with Gasteiger partial charge in [0.15, 0.2) is 0 Å². The Balaban J connectivity index is 1.66. The summed E-state index contributed by atoms with van der Waals surface area (Å²) in [5.74, 6) is 2.03. The number of hydrogen-bond donors (Lipinski definition) is 1. The molecule has 0 unspecified atom stereocenters. The summed E-state index contributed by atoms with van der Waals surface area (Å²) >= 11 is 0. The maximum absolute atomic E-state index is 5.93. The van der Waals surface area contributed by atoms with Gasteiger partial charge in [0.2, 0.25) is 0 Å². The zero-order chi connectivity index (χ0) is 18.7. The van der Waals surface area contributed by atoms with Gasteiger partial charge in [0.25, 0.3) is 0 Å². The molecular formula is C22H24BNO3. The van der Waals surface area contributed by atoms with Crippen LogP contribution in [0.25, 0.3) is 0 Å². The Morgan fingerprint density at radius 1 is 0.667 bits per heavy atom. The molecule has 3 rings (SSSR count). The van der Waals surface area contributed by atoms with Gasteiger partial charge in [-0.05, 0) is 55.0 Å². The van der Waals surface area contributed by atoms with Crippen LogP contribution >= 0.6 is 0 Å². The van der Waals surface area contributed by atoms with Crippen LogP contribution in [0.5, 0.6) is 17.2 Å². The molecule has 0 aliphatic heterocycles. The molecule has 0 radical (unpaired) electrons. The van der Waals surface area contributed by atoms with Gasteiger partial charge >= 0.3 is 7.32 Å². The number of anilines is 1. The third-order valence-corrected chi connectivity index (χ3v) is 3.90. The average molecular weight is 361 g/mol.